The lowest BCUT2D eigenvalue weighted by atomic mass is 9.91. The Morgan fingerprint density at radius 3 is 2.36 bits per heavy atom. The number of benzene rings is 3. The highest BCUT2D eigenvalue weighted by molar-refractivity contribution is 5.90. The fourth-order valence-electron chi connectivity index (χ4n) is 5.27. The molecule has 2 fully saturated rings. The van der Waals surface area contributed by atoms with Crippen LogP contribution in [0.25, 0.3) is 11.1 Å². The maximum Gasteiger partial charge on any atom is 0.338 e. The van der Waals surface area contributed by atoms with E-state index in [1.54, 1.807) is 12.1 Å². The summed E-state index contributed by atoms with van der Waals surface area (Å²) in [7, 11) is 0. The molecule has 1 saturated carbocycles. The van der Waals surface area contributed by atoms with Crippen LogP contribution >= 0.6 is 0 Å². The van der Waals surface area contributed by atoms with Crippen molar-refractivity contribution >= 4 is 11.9 Å². The van der Waals surface area contributed by atoms with E-state index in [2.05, 4.69) is 0 Å². The molecule has 5 atom stereocenters. The number of hydrogen-bond acceptors (Lipinski definition) is 5. The Balaban J connectivity index is 1.23. The number of aliphatic hydroxyl groups is 1. The third-order valence-electron chi connectivity index (χ3n) is 7.19. The molecule has 3 aromatic rings. The molecule has 1 heterocycles. The van der Waals surface area contributed by atoms with Gasteiger partial charge in [0.1, 0.15) is 12.2 Å². The summed E-state index contributed by atoms with van der Waals surface area (Å²) in [5.41, 5.74) is 3.52. The molecular formula is C31H30O5. The number of rotatable bonds is 8. The Bertz CT molecular complexity index is 1200. The highest BCUT2D eigenvalue weighted by Crippen LogP contribution is 2.44. The summed E-state index contributed by atoms with van der Waals surface area (Å²) < 4.78 is 11.4. The first-order valence-corrected chi connectivity index (χ1v) is 12.5. The van der Waals surface area contributed by atoms with Crippen molar-refractivity contribution in [2.24, 2.45) is 11.8 Å². The number of carbonyl (C=O) groups is 2. The summed E-state index contributed by atoms with van der Waals surface area (Å²) in [6.45, 7) is 0. The zero-order valence-corrected chi connectivity index (χ0v) is 20.0. The van der Waals surface area contributed by atoms with Crippen molar-refractivity contribution in [2.45, 2.75) is 44.0 Å². The van der Waals surface area contributed by atoms with Crippen molar-refractivity contribution in [1.82, 2.24) is 0 Å². The van der Waals surface area contributed by atoms with Crippen LogP contribution < -0.4 is 0 Å². The molecule has 1 N–H and O–H groups in total. The number of aliphatic hydroxyl groups excluding tert-OH is 1. The van der Waals surface area contributed by atoms with Crippen LogP contribution in [0.4, 0.5) is 0 Å². The van der Waals surface area contributed by atoms with Gasteiger partial charge in [-0.3, -0.25) is 4.79 Å². The molecule has 1 unspecified atom stereocenters. The minimum absolute atomic E-state index is 0.00561. The molecule has 0 radical (unpaired) electrons. The van der Waals surface area contributed by atoms with Gasteiger partial charge < -0.3 is 14.6 Å². The highest BCUT2D eigenvalue weighted by Gasteiger charge is 2.50. The first-order chi connectivity index (χ1) is 17.6. The number of esters is 2. The predicted octanol–water partition coefficient (Wildman–Crippen LogP) is 5.90. The smallest absolute Gasteiger partial charge is 0.338 e. The Morgan fingerprint density at radius 1 is 0.972 bits per heavy atom. The predicted molar refractivity (Wildman–Crippen MR) is 137 cm³/mol. The number of carbonyl (C=O) groups excluding carboxylic acids is 2. The van der Waals surface area contributed by atoms with E-state index < -0.39 is 6.10 Å². The van der Waals surface area contributed by atoms with Crippen LogP contribution in [0.3, 0.4) is 0 Å². The Hall–Kier alpha value is -3.70. The molecular weight excluding hydrogens is 452 g/mol. The second-order valence-electron chi connectivity index (χ2n) is 9.53. The summed E-state index contributed by atoms with van der Waals surface area (Å²) >= 11 is 0. The van der Waals surface area contributed by atoms with Crippen molar-refractivity contribution in [3.05, 3.63) is 108 Å². The summed E-state index contributed by atoms with van der Waals surface area (Å²) in [5.74, 6) is -0.651. The first-order valence-electron chi connectivity index (χ1n) is 12.5. The van der Waals surface area contributed by atoms with E-state index in [0.29, 0.717) is 31.2 Å². The van der Waals surface area contributed by atoms with Gasteiger partial charge in [0.2, 0.25) is 0 Å². The topological polar surface area (TPSA) is 72.8 Å². The van der Waals surface area contributed by atoms with Gasteiger partial charge in [0, 0.05) is 18.3 Å². The third kappa shape index (κ3) is 5.42. The van der Waals surface area contributed by atoms with Crippen molar-refractivity contribution in [3.8, 4) is 11.1 Å². The summed E-state index contributed by atoms with van der Waals surface area (Å²) in [5, 5.41) is 10.4. The van der Waals surface area contributed by atoms with Gasteiger partial charge in [-0.2, -0.15) is 0 Å². The Labute approximate surface area is 211 Å². The van der Waals surface area contributed by atoms with Gasteiger partial charge in [-0.25, -0.2) is 4.79 Å². The van der Waals surface area contributed by atoms with Gasteiger partial charge in [-0.05, 0) is 41.7 Å². The quantitative estimate of drug-likeness (QED) is 0.320. The van der Waals surface area contributed by atoms with Gasteiger partial charge in [0.05, 0.1) is 18.1 Å². The Morgan fingerprint density at radius 2 is 1.64 bits per heavy atom. The standard InChI is InChI=1S/C31H30O5/c32-27(23-11-5-2-6-12-23)14-8-7-13-25-26-19-30(33)35-29(26)20-28(25)36-31(34)24-17-15-22(16-18-24)21-9-3-1-4-10-21/h1-7,9-13,15-18,25-29,32H,8,14,19-20H2/b13-7+/t25-,26-,27?,28-,29+/m1/s1. The molecule has 5 heteroatoms. The third-order valence-corrected chi connectivity index (χ3v) is 7.19. The van der Waals surface area contributed by atoms with E-state index in [1.807, 2.05) is 84.9 Å². The van der Waals surface area contributed by atoms with Crippen LogP contribution in [0.2, 0.25) is 0 Å². The molecule has 36 heavy (non-hydrogen) atoms. The van der Waals surface area contributed by atoms with E-state index in [0.717, 1.165) is 16.7 Å². The number of fused-ring (bicyclic) bond motifs is 1. The minimum atomic E-state index is -0.531. The zero-order chi connectivity index (χ0) is 24.9. The summed E-state index contributed by atoms with van der Waals surface area (Å²) in [6.07, 6.45) is 5.08. The average Bonchev–Trinajstić information content (AvgIpc) is 3.43. The first kappa shape index (κ1) is 24.0. The van der Waals surface area contributed by atoms with Crippen LogP contribution in [0.1, 0.15) is 47.7 Å². The number of ether oxygens (including phenoxy) is 2. The minimum Gasteiger partial charge on any atom is -0.462 e. The summed E-state index contributed by atoms with van der Waals surface area (Å²) in [4.78, 5) is 24.9. The van der Waals surface area contributed by atoms with Gasteiger partial charge in [-0.15, -0.1) is 0 Å². The lowest BCUT2D eigenvalue weighted by Gasteiger charge is -2.20. The van der Waals surface area contributed by atoms with E-state index in [1.165, 1.54) is 0 Å². The van der Waals surface area contributed by atoms with Crippen LogP contribution in [0, 0.1) is 11.8 Å². The fraction of sp³-hybridized carbons (Fsp3) is 0.290. The molecule has 0 amide bonds. The van der Waals surface area contributed by atoms with Crippen molar-refractivity contribution in [3.63, 3.8) is 0 Å². The molecule has 5 rings (SSSR count). The highest BCUT2D eigenvalue weighted by atomic mass is 16.6. The number of hydrogen-bond donors (Lipinski definition) is 1. The Kier molecular flexibility index (Phi) is 7.28. The molecule has 0 spiro atoms. The van der Waals surface area contributed by atoms with Gasteiger partial charge in [0.25, 0.3) is 0 Å². The van der Waals surface area contributed by atoms with Crippen molar-refractivity contribution < 1.29 is 24.2 Å². The molecule has 184 valence electrons. The monoisotopic (exact) mass is 482 g/mol. The van der Waals surface area contributed by atoms with E-state index in [4.69, 9.17) is 9.47 Å². The summed E-state index contributed by atoms with van der Waals surface area (Å²) in [6, 6.07) is 27.0. The molecule has 0 bridgehead atoms. The molecule has 0 aromatic heterocycles. The second kappa shape index (κ2) is 10.9. The van der Waals surface area contributed by atoms with Crippen LogP contribution in [-0.2, 0) is 14.3 Å². The van der Waals surface area contributed by atoms with Crippen LogP contribution in [0.15, 0.2) is 97.1 Å². The van der Waals surface area contributed by atoms with E-state index in [9.17, 15) is 14.7 Å². The SMILES string of the molecule is O=C1C[C@@H]2[C@@H](/C=C/CCC(O)c3ccccc3)[C@H](OC(=O)c3ccc(-c4ccccc4)cc3)C[C@@H]2O1. The molecule has 1 aliphatic carbocycles. The maximum absolute atomic E-state index is 13.0. The van der Waals surface area contributed by atoms with Crippen LogP contribution in [-0.4, -0.2) is 29.3 Å². The maximum atomic E-state index is 13.0. The molecule has 2 aliphatic rings. The fourth-order valence-corrected chi connectivity index (χ4v) is 5.27. The van der Waals surface area contributed by atoms with Gasteiger partial charge >= 0.3 is 11.9 Å². The number of allylic oxidation sites excluding steroid dienone is 1. The molecule has 1 aliphatic heterocycles. The van der Waals surface area contributed by atoms with E-state index in [-0.39, 0.29) is 36.0 Å². The zero-order valence-electron chi connectivity index (χ0n) is 20.0. The van der Waals surface area contributed by atoms with Gasteiger partial charge in [0.15, 0.2) is 0 Å². The lowest BCUT2D eigenvalue weighted by molar-refractivity contribution is -0.141. The largest absolute Gasteiger partial charge is 0.462 e. The molecule has 3 aromatic carbocycles. The molecule has 1 saturated heterocycles. The second-order valence-corrected chi connectivity index (χ2v) is 9.53. The normalized spacial score (nSPS) is 23.9. The molecule has 5 nitrogen and oxygen atoms in total. The van der Waals surface area contributed by atoms with Gasteiger partial charge in [-0.1, -0.05) is 84.9 Å². The van der Waals surface area contributed by atoms with Crippen LogP contribution in [0.5, 0.6) is 0 Å². The average molecular weight is 483 g/mol. The van der Waals surface area contributed by atoms with Crippen molar-refractivity contribution in [1.29, 1.82) is 0 Å². The van der Waals surface area contributed by atoms with Crippen molar-refractivity contribution in [2.75, 3.05) is 0 Å². The lowest BCUT2D eigenvalue weighted by Crippen LogP contribution is -2.24. The van der Waals surface area contributed by atoms with E-state index >= 15 is 0 Å².